The van der Waals surface area contributed by atoms with E-state index >= 15 is 0 Å². The van der Waals surface area contributed by atoms with Crippen LogP contribution in [0.4, 0.5) is 8.78 Å². The van der Waals surface area contributed by atoms with Crippen molar-refractivity contribution in [3.63, 3.8) is 0 Å². The van der Waals surface area contributed by atoms with Gasteiger partial charge in [-0.1, -0.05) is 29.8 Å². The van der Waals surface area contributed by atoms with Gasteiger partial charge in [0.05, 0.1) is 17.3 Å². The number of nitrogens with zero attached hydrogens (tertiary/aromatic N) is 2. The molecule has 1 aromatic heterocycles. The lowest BCUT2D eigenvalue weighted by Crippen LogP contribution is -2.28. The van der Waals surface area contributed by atoms with E-state index in [2.05, 4.69) is 10.3 Å². The maximum Gasteiger partial charge on any atom is 0.221 e. The van der Waals surface area contributed by atoms with Gasteiger partial charge in [0, 0.05) is 30.0 Å². The minimum Gasteiger partial charge on any atom is -0.441 e. The number of amides is 1. The first kappa shape index (κ1) is 19.5. The number of benzene rings is 2. The maximum absolute atomic E-state index is 13.8. The largest absolute Gasteiger partial charge is 0.441 e. The van der Waals surface area contributed by atoms with Gasteiger partial charge in [-0.2, -0.15) is 5.26 Å². The third-order valence-electron chi connectivity index (χ3n) is 3.97. The Morgan fingerprint density at radius 2 is 2.07 bits per heavy atom. The van der Waals surface area contributed by atoms with Gasteiger partial charge in [0.15, 0.2) is 11.7 Å². The zero-order valence-electron chi connectivity index (χ0n) is 14.5. The van der Waals surface area contributed by atoms with Gasteiger partial charge in [-0.25, -0.2) is 13.8 Å². The summed E-state index contributed by atoms with van der Waals surface area (Å²) in [6, 6.07) is 10.5. The molecule has 142 valence electrons. The van der Waals surface area contributed by atoms with Gasteiger partial charge in [-0.05, 0) is 18.2 Å². The number of nitrogens with one attached hydrogen (secondary N) is 1. The number of hydrogen-bond acceptors (Lipinski definition) is 4. The van der Waals surface area contributed by atoms with Crippen LogP contribution in [-0.2, 0) is 11.2 Å². The van der Waals surface area contributed by atoms with Crippen molar-refractivity contribution in [1.29, 1.82) is 5.26 Å². The van der Waals surface area contributed by atoms with Crippen LogP contribution >= 0.6 is 11.6 Å². The molecule has 1 heterocycles. The van der Waals surface area contributed by atoms with Gasteiger partial charge in [-0.3, -0.25) is 4.79 Å². The average Bonchev–Trinajstić information content (AvgIpc) is 3.14. The number of oxazole rings is 1. The van der Waals surface area contributed by atoms with Crippen molar-refractivity contribution >= 4 is 17.5 Å². The van der Waals surface area contributed by atoms with E-state index < -0.39 is 23.6 Å². The van der Waals surface area contributed by atoms with Crippen molar-refractivity contribution in [2.45, 2.75) is 18.9 Å². The molecule has 0 saturated carbocycles. The molecule has 3 rings (SSSR count). The molecule has 0 saturated heterocycles. The summed E-state index contributed by atoms with van der Waals surface area (Å²) in [6.45, 7) is 0. The fourth-order valence-corrected chi connectivity index (χ4v) is 2.81. The SMILES string of the molecule is N#CC(NC(=O)CCc1ncc(-c2ccccc2Cl)o1)c1ccc(F)cc1F. The highest BCUT2D eigenvalue weighted by Gasteiger charge is 2.19. The van der Waals surface area contributed by atoms with Crippen LogP contribution in [0.25, 0.3) is 11.3 Å². The van der Waals surface area contributed by atoms with Crippen LogP contribution in [0.2, 0.25) is 5.02 Å². The molecule has 0 fully saturated rings. The molecule has 0 aliphatic rings. The van der Waals surface area contributed by atoms with E-state index in [-0.39, 0.29) is 18.4 Å². The van der Waals surface area contributed by atoms with Crippen LogP contribution < -0.4 is 5.32 Å². The van der Waals surface area contributed by atoms with Gasteiger partial charge in [0.1, 0.15) is 17.7 Å². The standard InChI is InChI=1S/C20H14ClF2N3O2/c21-15-4-2-1-3-13(15)18-11-25-20(28-18)8-7-19(27)26-17(10-24)14-6-5-12(22)9-16(14)23/h1-6,9,11,17H,7-8H2,(H,26,27). The molecule has 3 aromatic rings. The highest BCUT2D eigenvalue weighted by Crippen LogP contribution is 2.28. The molecular formula is C20H14ClF2N3O2. The summed E-state index contributed by atoms with van der Waals surface area (Å²) in [4.78, 5) is 16.2. The lowest BCUT2D eigenvalue weighted by molar-refractivity contribution is -0.121. The minimum absolute atomic E-state index is 0.0243. The second-order valence-electron chi connectivity index (χ2n) is 5.89. The number of aryl methyl sites for hydroxylation is 1. The monoisotopic (exact) mass is 401 g/mol. The normalized spacial score (nSPS) is 11.6. The highest BCUT2D eigenvalue weighted by molar-refractivity contribution is 6.33. The first-order valence-electron chi connectivity index (χ1n) is 8.31. The molecule has 1 atom stereocenters. The van der Waals surface area contributed by atoms with Crippen molar-refractivity contribution < 1.29 is 18.0 Å². The van der Waals surface area contributed by atoms with E-state index in [1.807, 2.05) is 6.07 Å². The summed E-state index contributed by atoms with van der Waals surface area (Å²) in [5.41, 5.74) is 0.582. The fraction of sp³-hybridized carbons (Fsp3) is 0.150. The third-order valence-corrected chi connectivity index (χ3v) is 4.30. The lowest BCUT2D eigenvalue weighted by atomic mass is 10.1. The lowest BCUT2D eigenvalue weighted by Gasteiger charge is -2.12. The predicted molar refractivity (Wildman–Crippen MR) is 98.1 cm³/mol. The van der Waals surface area contributed by atoms with Crippen LogP contribution in [0.3, 0.4) is 0 Å². The van der Waals surface area contributed by atoms with Crippen molar-refractivity contribution in [3.05, 3.63) is 76.8 Å². The number of aromatic nitrogens is 1. The predicted octanol–water partition coefficient (Wildman–Crippen LogP) is 4.59. The summed E-state index contributed by atoms with van der Waals surface area (Å²) in [5, 5.41) is 12.1. The summed E-state index contributed by atoms with van der Waals surface area (Å²) in [7, 11) is 0. The highest BCUT2D eigenvalue weighted by atomic mass is 35.5. The zero-order chi connectivity index (χ0) is 20.1. The molecule has 0 radical (unpaired) electrons. The summed E-state index contributed by atoms with van der Waals surface area (Å²) in [5.74, 6) is -1.35. The van der Waals surface area contributed by atoms with Crippen molar-refractivity contribution in [2.24, 2.45) is 0 Å². The number of carbonyl (C=O) groups is 1. The Kier molecular flexibility index (Phi) is 6.02. The molecule has 28 heavy (non-hydrogen) atoms. The molecule has 0 bridgehead atoms. The molecule has 1 N–H and O–H groups in total. The molecule has 0 aliphatic heterocycles. The zero-order valence-corrected chi connectivity index (χ0v) is 15.2. The quantitative estimate of drug-likeness (QED) is 0.655. The van der Waals surface area contributed by atoms with Gasteiger partial charge in [0.25, 0.3) is 0 Å². The Labute approximate surface area is 164 Å². The smallest absolute Gasteiger partial charge is 0.221 e. The molecular weight excluding hydrogens is 388 g/mol. The Hall–Kier alpha value is -3.24. The molecule has 5 nitrogen and oxygen atoms in total. The first-order valence-corrected chi connectivity index (χ1v) is 8.69. The van der Waals surface area contributed by atoms with E-state index in [1.165, 1.54) is 6.20 Å². The Morgan fingerprint density at radius 3 is 2.79 bits per heavy atom. The van der Waals surface area contributed by atoms with E-state index in [4.69, 9.17) is 16.0 Å². The van der Waals surface area contributed by atoms with E-state index in [0.29, 0.717) is 28.3 Å². The van der Waals surface area contributed by atoms with Gasteiger partial charge >= 0.3 is 0 Å². The number of hydrogen-bond donors (Lipinski definition) is 1. The molecule has 1 amide bonds. The summed E-state index contributed by atoms with van der Waals surface area (Å²) >= 11 is 6.11. The summed E-state index contributed by atoms with van der Waals surface area (Å²) < 4.78 is 32.4. The third kappa shape index (κ3) is 4.53. The summed E-state index contributed by atoms with van der Waals surface area (Å²) in [6.07, 6.45) is 1.67. The first-order chi connectivity index (χ1) is 13.5. The van der Waals surface area contributed by atoms with Crippen LogP contribution in [0.1, 0.15) is 23.9 Å². The van der Waals surface area contributed by atoms with Crippen molar-refractivity contribution in [1.82, 2.24) is 10.3 Å². The number of halogens is 3. The second-order valence-corrected chi connectivity index (χ2v) is 6.30. The Morgan fingerprint density at radius 1 is 1.29 bits per heavy atom. The molecule has 8 heteroatoms. The van der Waals surface area contributed by atoms with E-state index in [9.17, 15) is 18.8 Å². The maximum atomic E-state index is 13.8. The molecule has 2 aromatic carbocycles. The second kappa shape index (κ2) is 8.63. The van der Waals surface area contributed by atoms with Crippen LogP contribution in [0, 0.1) is 23.0 Å². The topological polar surface area (TPSA) is 78.9 Å². The molecule has 1 unspecified atom stereocenters. The number of nitriles is 1. The van der Waals surface area contributed by atoms with Gasteiger partial charge < -0.3 is 9.73 Å². The van der Waals surface area contributed by atoms with Crippen molar-refractivity contribution in [3.8, 4) is 17.4 Å². The van der Waals surface area contributed by atoms with Gasteiger partial charge in [0.2, 0.25) is 5.91 Å². The van der Waals surface area contributed by atoms with Crippen LogP contribution in [-0.4, -0.2) is 10.9 Å². The number of carbonyl (C=O) groups excluding carboxylic acids is 1. The van der Waals surface area contributed by atoms with E-state index in [1.54, 1.807) is 24.3 Å². The molecule has 0 spiro atoms. The fourth-order valence-electron chi connectivity index (χ4n) is 2.58. The Bertz CT molecular complexity index is 1050. The van der Waals surface area contributed by atoms with E-state index in [0.717, 1.165) is 12.1 Å². The van der Waals surface area contributed by atoms with Crippen LogP contribution in [0.5, 0.6) is 0 Å². The minimum atomic E-state index is -1.23. The molecule has 0 aliphatic carbocycles. The number of rotatable bonds is 6. The van der Waals surface area contributed by atoms with Gasteiger partial charge in [-0.15, -0.1) is 0 Å². The average molecular weight is 402 g/mol. The van der Waals surface area contributed by atoms with Crippen LogP contribution in [0.15, 0.2) is 53.1 Å². The Balaban J connectivity index is 1.61. The van der Waals surface area contributed by atoms with Crippen molar-refractivity contribution in [2.75, 3.05) is 0 Å².